The molecule has 2 rings (SSSR count). The molecule has 1 fully saturated rings. The SMILES string of the molecule is CCC(N)c1ccc(OCC2CCOCC2)cc1. The molecule has 0 saturated carbocycles. The van der Waals surface area contributed by atoms with Crippen LogP contribution in [0.25, 0.3) is 0 Å². The Labute approximate surface area is 109 Å². The van der Waals surface area contributed by atoms with Crippen molar-refractivity contribution >= 4 is 0 Å². The van der Waals surface area contributed by atoms with Crippen LogP contribution in [0.2, 0.25) is 0 Å². The molecule has 1 atom stereocenters. The Morgan fingerprint density at radius 2 is 1.94 bits per heavy atom. The highest BCUT2D eigenvalue weighted by Gasteiger charge is 2.14. The van der Waals surface area contributed by atoms with Crippen molar-refractivity contribution in [3.05, 3.63) is 29.8 Å². The maximum atomic E-state index is 5.98. The predicted molar refractivity (Wildman–Crippen MR) is 72.7 cm³/mol. The normalized spacial score (nSPS) is 18.6. The zero-order valence-electron chi connectivity index (χ0n) is 11.1. The maximum absolute atomic E-state index is 5.98. The Bertz CT molecular complexity index is 344. The first kappa shape index (κ1) is 13.4. The highest BCUT2D eigenvalue weighted by atomic mass is 16.5. The van der Waals surface area contributed by atoms with Crippen LogP contribution >= 0.6 is 0 Å². The van der Waals surface area contributed by atoms with Gasteiger partial charge in [-0.1, -0.05) is 19.1 Å². The fourth-order valence-corrected chi connectivity index (χ4v) is 2.17. The van der Waals surface area contributed by atoms with E-state index in [1.165, 1.54) is 5.56 Å². The van der Waals surface area contributed by atoms with E-state index in [1.807, 2.05) is 12.1 Å². The van der Waals surface area contributed by atoms with Gasteiger partial charge in [-0.3, -0.25) is 0 Å². The first-order valence-electron chi connectivity index (χ1n) is 6.85. The summed E-state index contributed by atoms with van der Waals surface area (Å²) in [6.45, 7) is 4.64. The van der Waals surface area contributed by atoms with Crippen molar-refractivity contribution in [1.29, 1.82) is 0 Å². The minimum absolute atomic E-state index is 0.134. The van der Waals surface area contributed by atoms with Crippen molar-refractivity contribution in [3.8, 4) is 5.75 Å². The molecule has 1 aliphatic heterocycles. The highest BCUT2D eigenvalue weighted by molar-refractivity contribution is 5.28. The van der Waals surface area contributed by atoms with Crippen LogP contribution in [0.1, 0.15) is 37.8 Å². The van der Waals surface area contributed by atoms with Crippen molar-refractivity contribution in [2.75, 3.05) is 19.8 Å². The number of hydrogen-bond acceptors (Lipinski definition) is 3. The third kappa shape index (κ3) is 3.72. The summed E-state index contributed by atoms with van der Waals surface area (Å²) in [5, 5.41) is 0. The minimum atomic E-state index is 0.134. The molecule has 1 aromatic rings. The summed E-state index contributed by atoms with van der Waals surface area (Å²) in [4.78, 5) is 0. The summed E-state index contributed by atoms with van der Waals surface area (Å²) in [7, 11) is 0. The molecule has 0 amide bonds. The van der Waals surface area contributed by atoms with E-state index in [2.05, 4.69) is 19.1 Å². The van der Waals surface area contributed by atoms with Crippen molar-refractivity contribution in [1.82, 2.24) is 0 Å². The van der Waals surface area contributed by atoms with Gasteiger partial charge in [0.25, 0.3) is 0 Å². The van der Waals surface area contributed by atoms with Crippen LogP contribution in [0, 0.1) is 5.92 Å². The largest absolute Gasteiger partial charge is 0.493 e. The van der Waals surface area contributed by atoms with Gasteiger partial charge in [0.15, 0.2) is 0 Å². The van der Waals surface area contributed by atoms with E-state index in [0.29, 0.717) is 5.92 Å². The molecule has 2 N–H and O–H groups in total. The van der Waals surface area contributed by atoms with E-state index in [0.717, 1.165) is 44.8 Å². The second-order valence-corrected chi connectivity index (χ2v) is 4.95. The van der Waals surface area contributed by atoms with Gasteiger partial charge < -0.3 is 15.2 Å². The van der Waals surface area contributed by atoms with E-state index in [9.17, 15) is 0 Å². The van der Waals surface area contributed by atoms with Gasteiger partial charge in [0.2, 0.25) is 0 Å². The summed E-state index contributed by atoms with van der Waals surface area (Å²) < 4.78 is 11.2. The van der Waals surface area contributed by atoms with Gasteiger partial charge in [0.1, 0.15) is 5.75 Å². The first-order chi connectivity index (χ1) is 8.79. The summed E-state index contributed by atoms with van der Waals surface area (Å²) in [6, 6.07) is 8.30. The Balaban J connectivity index is 1.82. The molecule has 1 aromatic carbocycles. The molecular weight excluding hydrogens is 226 g/mol. The standard InChI is InChI=1S/C15H23NO2/c1-2-15(16)13-3-5-14(6-4-13)18-11-12-7-9-17-10-8-12/h3-6,12,15H,2,7-11,16H2,1H3. The lowest BCUT2D eigenvalue weighted by Gasteiger charge is -2.22. The molecule has 1 unspecified atom stereocenters. The summed E-state index contributed by atoms with van der Waals surface area (Å²) in [6.07, 6.45) is 3.18. The van der Waals surface area contributed by atoms with E-state index in [1.54, 1.807) is 0 Å². The average Bonchev–Trinajstić information content (AvgIpc) is 2.46. The molecule has 1 saturated heterocycles. The van der Waals surface area contributed by atoms with Crippen molar-refractivity contribution in [2.45, 2.75) is 32.2 Å². The number of rotatable bonds is 5. The van der Waals surface area contributed by atoms with Crippen LogP contribution < -0.4 is 10.5 Å². The van der Waals surface area contributed by atoms with Crippen molar-refractivity contribution in [3.63, 3.8) is 0 Å². The van der Waals surface area contributed by atoms with Crippen LogP contribution in [-0.2, 0) is 4.74 Å². The van der Waals surface area contributed by atoms with Crippen molar-refractivity contribution < 1.29 is 9.47 Å². The summed E-state index contributed by atoms with van der Waals surface area (Å²) in [5.41, 5.74) is 7.16. The van der Waals surface area contributed by atoms with Gasteiger partial charge in [-0.25, -0.2) is 0 Å². The van der Waals surface area contributed by atoms with E-state index < -0.39 is 0 Å². The van der Waals surface area contributed by atoms with Gasteiger partial charge >= 0.3 is 0 Å². The number of hydrogen-bond donors (Lipinski definition) is 1. The Hall–Kier alpha value is -1.06. The lowest BCUT2D eigenvalue weighted by Crippen LogP contribution is -2.21. The molecule has 1 aliphatic rings. The molecule has 0 aromatic heterocycles. The minimum Gasteiger partial charge on any atom is -0.493 e. The van der Waals surface area contributed by atoms with E-state index in [-0.39, 0.29) is 6.04 Å². The van der Waals surface area contributed by atoms with E-state index >= 15 is 0 Å². The molecule has 0 bridgehead atoms. The van der Waals surface area contributed by atoms with Crippen molar-refractivity contribution in [2.24, 2.45) is 11.7 Å². The molecule has 0 aliphatic carbocycles. The number of benzene rings is 1. The van der Waals surface area contributed by atoms with Gasteiger partial charge in [-0.05, 0) is 42.9 Å². The molecule has 3 heteroatoms. The number of ether oxygens (including phenoxy) is 2. The molecule has 0 radical (unpaired) electrons. The van der Waals surface area contributed by atoms with Gasteiger partial charge in [-0.2, -0.15) is 0 Å². The third-order valence-corrected chi connectivity index (χ3v) is 3.57. The zero-order valence-corrected chi connectivity index (χ0v) is 11.1. The molecule has 3 nitrogen and oxygen atoms in total. The monoisotopic (exact) mass is 249 g/mol. The fourth-order valence-electron chi connectivity index (χ4n) is 2.17. The van der Waals surface area contributed by atoms with Crippen LogP contribution in [0.5, 0.6) is 5.75 Å². The lowest BCUT2D eigenvalue weighted by molar-refractivity contribution is 0.0497. The second-order valence-electron chi connectivity index (χ2n) is 4.95. The van der Waals surface area contributed by atoms with Gasteiger partial charge in [0.05, 0.1) is 6.61 Å². The molecule has 1 heterocycles. The summed E-state index contributed by atoms with van der Waals surface area (Å²) in [5.74, 6) is 1.57. The fraction of sp³-hybridized carbons (Fsp3) is 0.600. The van der Waals surface area contributed by atoms with Crippen LogP contribution in [-0.4, -0.2) is 19.8 Å². The smallest absolute Gasteiger partial charge is 0.119 e. The Kier molecular flexibility index (Phi) is 5.02. The highest BCUT2D eigenvalue weighted by Crippen LogP contribution is 2.20. The second kappa shape index (κ2) is 6.76. The molecular formula is C15H23NO2. The Morgan fingerprint density at radius 3 is 2.56 bits per heavy atom. The van der Waals surface area contributed by atoms with Crippen LogP contribution in [0.3, 0.4) is 0 Å². The van der Waals surface area contributed by atoms with Gasteiger partial charge in [-0.15, -0.1) is 0 Å². The first-order valence-corrected chi connectivity index (χ1v) is 6.85. The van der Waals surface area contributed by atoms with Gasteiger partial charge in [0, 0.05) is 19.3 Å². The third-order valence-electron chi connectivity index (χ3n) is 3.57. The average molecular weight is 249 g/mol. The molecule has 0 spiro atoms. The summed E-state index contributed by atoms with van der Waals surface area (Å²) >= 11 is 0. The topological polar surface area (TPSA) is 44.5 Å². The molecule has 18 heavy (non-hydrogen) atoms. The van der Waals surface area contributed by atoms with Crippen LogP contribution in [0.4, 0.5) is 0 Å². The zero-order chi connectivity index (χ0) is 12.8. The quantitative estimate of drug-likeness (QED) is 0.872. The van der Waals surface area contributed by atoms with Crippen LogP contribution in [0.15, 0.2) is 24.3 Å². The van der Waals surface area contributed by atoms with E-state index in [4.69, 9.17) is 15.2 Å². The number of nitrogens with two attached hydrogens (primary N) is 1. The lowest BCUT2D eigenvalue weighted by atomic mass is 10.0. The predicted octanol–water partition coefficient (Wildman–Crippen LogP) is 2.90. The maximum Gasteiger partial charge on any atom is 0.119 e. The molecule has 100 valence electrons. The Morgan fingerprint density at radius 1 is 1.28 bits per heavy atom.